The molecule has 1 nitrogen and oxygen atoms in total. The van der Waals surface area contributed by atoms with Gasteiger partial charge in [-0.05, 0) is 51.9 Å². The molecule has 1 fully saturated rings. The lowest BCUT2D eigenvalue weighted by Crippen LogP contribution is -2.20. The maximum absolute atomic E-state index is 6.05. The largest absolute Gasteiger partial charge is 0.372 e. The first-order valence-electron chi connectivity index (χ1n) is 5.50. The molecule has 74 valence electrons. The second kappa shape index (κ2) is 3.45. The van der Waals surface area contributed by atoms with E-state index < -0.39 is 0 Å². The van der Waals surface area contributed by atoms with Gasteiger partial charge in [-0.2, -0.15) is 0 Å². The molecule has 0 aromatic heterocycles. The number of allylic oxidation sites excluding steroid dienone is 2. The molecule has 1 heteroatoms. The molecule has 0 saturated carbocycles. The van der Waals surface area contributed by atoms with Gasteiger partial charge in [0.05, 0.1) is 11.7 Å². The highest BCUT2D eigenvalue weighted by Crippen LogP contribution is 2.39. The fourth-order valence-corrected chi connectivity index (χ4v) is 2.71. The van der Waals surface area contributed by atoms with Crippen LogP contribution in [0.3, 0.4) is 0 Å². The second-order valence-corrected chi connectivity index (χ2v) is 5.01. The molecule has 1 heterocycles. The van der Waals surface area contributed by atoms with Crippen LogP contribution >= 0.6 is 0 Å². The summed E-state index contributed by atoms with van der Waals surface area (Å²) in [5, 5.41) is 0. The fraction of sp³-hybridized carbons (Fsp3) is 0.833. The van der Waals surface area contributed by atoms with Gasteiger partial charge in [-0.25, -0.2) is 0 Å². The Hall–Kier alpha value is -0.300. The van der Waals surface area contributed by atoms with Crippen molar-refractivity contribution in [2.45, 2.75) is 57.7 Å². The Morgan fingerprint density at radius 2 is 1.85 bits per heavy atom. The Labute approximate surface area is 81.2 Å². The van der Waals surface area contributed by atoms with E-state index in [9.17, 15) is 0 Å². The third-order valence-corrected chi connectivity index (χ3v) is 3.24. The molecule has 0 aromatic rings. The predicted octanol–water partition coefficient (Wildman–Crippen LogP) is 3.30. The summed E-state index contributed by atoms with van der Waals surface area (Å²) < 4.78 is 6.05. The molecule has 0 unspecified atom stereocenters. The van der Waals surface area contributed by atoms with Gasteiger partial charge < -0.3 is 4.74 Å². The van der Waals surface area contributed by atoms with Crippen LogP contribution in [-0.2, 0) is 4.74 Å². The molecule has 0 radical (unpaired) electrons. The van der Waals surface area contributed by atoms with Gasteiger partial charge in [0, 0.05) is 0 Å². The minimum Gasteiger partial charge on any atom is -0.372 e. The van der Waals surface area contributed by atoms with Crippen molar-refractivity contribution in [2.24, 2.45) is 5.92 Å². The highest BCUT2D eigenvalue weighted by molar-refractivity contribution is 4.94. The van der Waals surface area contributed by atoms with Gasteiger partial charge in [0.25, 0.3) is 0 Å². The van der Waals surface area contributed by atoms with Crippen LogP contribution in [0.4, 0.5) is 0 Å². The molecule has 2 atom stereocenters. The normalized spacial score (nSPS) is 38.0. The summed E-state index contributed by atoms with van der Waals surface area (Å²) in [5.74, 6) is 0.819. The summed E-state index contributed by atoms with van der Waals surface area (Å²) in [4.78, 5) is 0. The Kier molecular flexibility index (Phi) is 2.46. The molecule has 0 aromatic carbocycles. The fourth-order valence-electron chi connectivity index (χ4n) is 2.71. The van der Waals surface area contributed by atoms with E-state index in [1.807, 2.05) is 0 Å². The quantitative estimate of drug-likeness (QED) is 0.520. The Bertz CT molecular complexity index is 185. The maximum atomic E-state index is 6.05. The van der Waals surface area contributed by atoms with Gasteiger partial charge in [-0.3, -0.25) is 0 Å². The van der Waals surface area contributed by atoms with E-state index >= 15 is 0 Å². The van der Waals surface area contributed by atoms with E-state index in [1.165, 1.54) is 32.1 Å². The van der Waals surface area contributed by atoms with Crippen molar-refractivity contribution < 1.29 is 4.74 Å². The summed E-state index contributed by atoms with van der Waals surface area (Å²) >= 11 is 0. The Morgan fingerprint density at radius 3 is 2.62 bits per heavy atom. The molecular formula is C12H20O. The highest BCUT2D eigenvalue weighted by atomic mass is 16.5. The monoisotopic (exact) mass is 180 g/mol. The zero-order valence-electron chi connectivity index (χ0n) is 8.75. The van der Waals surface area contributed by atoms with Crippen molar-refractivity contribution in [3.05, 3.63) is 12.2 Å². The summed E-state index contributed by atoms with van der Waals surface area (Å²) in [6.07, 6.45) is 11.4. The van der Waals surface area contributed by atoms with E-state index in [0.29, 0.717) is 6.10 Å². The molecule has 2 rings (SSSR count). The number of hydrogen-bond acceptors (Lipinski definition) is 1. The summed E-state index contributed by atoms with van der Waals surface area (Å²) in [7, 11) is 0. The highest BCUT2D eigenvalue weighted by Gasteiger charge is 2.39. The lowest BCUT2D eigenvalue weighted by atomic mass is 9.87. The molecule has 0 amide bonds. The second-order valence-electron chi connectivity index (χ2n) is 5.01. The van der Waals surface area contributed by atoms with Gasteiger partial charge in [-0.1, -0.05) is 12.2 Å². The molecule has 1 aliphatic carbocycles. The lowest BCUT2D eigenvalue weighted by molar-refractivity contribution is -0.0243. The van der Waals surface area contributed by atoms with Gasteiger partial charge >= 0.3 is 0 Å². The molecule has 13 heavy (non-hydrogen) atoms. The Morgan fingerprint density at radius 1 is 1.15 bits per heavy atom. The van der Waals surface area contributed by atoms with Crippen molar-refractivity contribution in [3.8, 4) is 0 Å². The summed E-state index contributed by atoms with van der Waals surface area (Å²) in [6.45, 7) is 4.46. The average molecular weight is 180 g/mol. The van der Waals surface area contributed by atoms with Gasteiger partial charge in [0.2, 0.25) is 0 Å². The zero-order chi connectivity index (χ0) is 9.31. The summed E-state index contributed by atoms with van der Waals surface area (Å²) in [6, 6.07) is 0. The topological polar surface area (TPSA) is 9.23 Å². The molecule has 2 aliphatic rings. The molecule has 1 saturated heterocycles. The first-order valence-corrected chi connectivity index (χ1v) is 5.50. The third-order valence-electron chi connectivity index (χ3n) is 3.24. The number of hydrogen-bond donors (Lipinski definition) is 0. The van der Waals surface area contributed by atoms with Crippen molar-refractivity contribution >= 4 is 0 Å². The standard InChI is InChI=1S/C12H20O/c1-12(2)9-10-7-5-3-4-6-8-11(10)13-12/h3-4,10-11H,5-9H2,1-2H3/t10-,11+/m0/s1. The molecule has 0 N–H and O–H groups in total. The maximum Gasteiger partial charge on any atom is 0.0634 e. The first kappa shape index (κ1) is 9.26. The molecule has 0 bridgehead atoms. The number of rotatable bonds is 0. The molecule has 0 spiro atoms. The van der Waals surface area contributed by atoms with Crippen LogP contribution in [0.1, 0.15) is 46.0 Å². The van der Waals surface area contributed by atoms with E-state index in [2.05, 4.69) is 26.0 Å². The lowest BCUT2D eigenvalue weighted by Gasteiger charge is -2.20. The summed E-state index contributed by atoms with van der Waals surface area (Å²) in [5.41, 5.74) is 0.139. The van der Waals surface area contributed by atoms with Crippen LogP contribution in [0.15, 0.2) is 12.2 Å². The van der Waals surface area contributed by atoms with Crippen LogP contribution in [-0.4, -0.2) is 11.7 Å². The minimum atomic E-state index is 0.139. The van der Waals surface area contributed by atoms with Crippen molar-refractivity contribution in [3.63, 3.8) is 0 Å². The number of ether oxygens (including phenoxy) is 1. The van der Waals surface area contributed by atoms with Crippen LogP contribution in [0.25, 0.3) is 0 Å². The molecular weight excluding hydrogens is 160 g/mol. The number of fused-ring (bicyclic) bond motifs is 1. The van der Waals surface area contributed by atoms with Crippen LogP contribution in [0.2, 0.25) is 0 Å². The van der Waals surface area contributed by atoms with E-state index in [4.69, 9.17) is 4.74 Å². The third kappa shape index (κ3) is 2.14. The predicted molar refractivity (Wildman–Crippen MR) is 54.7 cm³/mol. The average Bonchev–Trinajstić information content (AvgIpc) is 2.27. The van der Waals surface area contributed by atoms with Crippen molar-refractivity contribution in [1.82, 2.24) is 0 Å². The minimum absolute atomic E-state index is 0.139. The van der Waals surface area contributed by atoms with Crippen LogP contribution in [0.5, 0.6) is 0 Å². The van der Waals surface area contributed by atoms with Crippen molar-refractivity contribution in [1.29, 1.82) is 0 Å². The zero-order valence-corrected chi connectivity index (χ0v) is 8.75. The van der Waals surface area contributed by atoms with E-state index in [0.717, 1.165) is 5.92 Å². The SMILES string of the molecule is CC1(C)C[C@@H]2CCC=CCC[C@H]2O1. The van der Waals surface area contributed by atoms with Gasteiger partial charge in [-0.15, -0.1) is 0 Å². The van der Waals surface area contributed by atoms with Gasteiger partial charge in [0.15, 0.2) is 0 Å². The van der Waals surface area contributed by atoms with Gasteiger partial charge in [0.1, 0.15) is 0 Å². The molecule has 1 aliphatic heterocycles. The smallest absolute Gasteiger partial charge is 0.0634 e. The van der Waals surface area contributed by atoms with Crippen molar-refractivity contribution in [2.75, 3.05) is 0 Å². The van der Waals surface area contributed by atoms with Crippen LogP contribution < -0.4 is 0 Å². The van der Waals surface area contributed by atoms with E-state index in [-0.39, 0.29) is 5.60 Å². The van der Waals surface area contributed by atoms with Crippen LogP contribution in [0, 0.1) is 5.92 Å². The van der Waals surface area contributed by atoms with E-state index in [1.54, 1.807) is 0 Å². The Balaban J connectivity index is 2.03. The first-order chi connectivity index (χ1) is 6.17.